The highest BCUT2D eigenvalue weighted by Crippen LogP contribution is 2.53. The fourth-order valence-corrected chi connectivity index (χ4v) is 8.85. The van der Waals surface area contributed by atoms with Crippen LogP contribution in [0.4, 0.5) is 0 Å². The van der Waals surface area contributed by atoms with Crippen LogP contribution in [-0.4, -0.2) is 9.13 Å². The molecule has 2 atom stereocenters. The molecule has 0 fully saturated rings. The molecule has 0 saturated carbocycles. The molecule has 1 aliphatic carbocycles. The number of benzene rings is 5. The smallest absolute Gasteiger partial charge is 0.101 e. The highest BCUT2D eigenvalue weighted by molar-refractivity contribution is 6.14. The van der Waals surface area contributed by atoms with E-state index in [-0.39, 0.29) is 5.41 Å². The molecule has 8 rings (SSSR count). The Morgan fingerprint density at radius 1 is 0.720 bits per heavy atom. The van der Waals surface area contributed by atoms with Gasteiger partial charge in [-0.15, -0.1) is 0 Å². The first-order valence-electron chi connectivity index (χ1n) is 17.3. The number of hydrogen-bond donors (Lipinski definition) is 0. The maximum absolute atomic E-state index is 10.8. The van der Waals surface area contributed by atoms with Gasteiger partial charge in [-0.1, -0.05) is 100 Å². The van der Waals surface area contributed by atoms with Crippen molar-refractivity contribution in [1.82, 2.24) is 9.13 Å². The summed E-state index contributed by atoms with van der Waals surface area (Å²) in [5, 5.41) is 26.1. The lowest BCUT2D eigenvalue weighted by atomic mass is 9.76. The summed E-state index contributed by atoms with van der Waals surface area (Å²) in [7, 11) is 0. The van der Waals surface area contributed by atoms with Crippen molar-refractivity contribution < 1.29 is 0 Å². The Morgan fingerprint density at radius 2 is 1.34 bits per heavy atom. The molecule has 242 valence electrons. The second-order valence-electron chi connectivity index (χ2n) is 14.0. The van der Waals surface area contributed by atoms with Gasteiger partial charge in [0.15, 0.2) is 0 Å². The maximum Gasteiger partial charge on any atom is 0.101 e. The Labute approximate surface area is 293 Å². The summed E-state index contributed by atoms with van der Waals surface area (Å²) in [4.78, 5) is 0. The van der Waals surface area contributed by atoms with Crippen LogP contribution in [0.3, 0.4) is 0 Å². The molecule has 4 heteroatoms. The molecule has 4 nitrogen and oxygen atoms in total. The zero-order valence-electron chi connectivity index (χ0n) is 29.1. The average molecular weight is 647 g/mol. The van der Waals surface area contributed by atoms with Crippen LogP contribution in [0.1, 0.15) is 73.9 Å². The quantitative estimate of drug-likeness (QED) is 0.175. The minimum Gasteiger partial charge on any atom is -0.308 e. The molecule has 0 radical (unpaired) electrons. The molecule has 50 heavy (non-hydrogen) atoms. The Kier molecular flexibility index (Phi) is 7.18. The van der Waals surface area contributed by atoms with E-state index >= 15 is 0 Å². The van der Waals surface area contributed by atoms with Crippen molar-refractivity contribution in [2.45, 2.75) is 46.0 Å². The summed E-state index contributed by atoms with van der Waals surface area (Å²) in [6.45, 7) is 15.2. The standard InChI is InChI=1S/C46H38N4/c1-7-14-32-29(9-3)20-21-41-45(32)34-17-11-13-19-40(34)49(41)42-22-31(27-48)43(23-30(42)26-47)50-39-18-12-10-16-33(39)36-24-35-28(4)37(15-8-2)46(5,6)38(35)25-44(36)50/h7-25,28,37H,3H2,1-2,4-6H3/b14-7-,15-8-. The van der Waals surface area contributed by atoms with Crippen LogP contribution >= 0.6 is 0 Å². The second-order valence-corrected chi connectivity index (χ2v) is 14.0. The highest BCUT2D eigenvalue weighted by atomic mass is 15.0. The number of allylic oxidation sites excluding steroid dienone is 3. The molecule has 0 amide bonds. The first kappa shape index (κ1) is 31.2. The molecule has 0 aliphatic heterocycles. The van der Waals surface area contributed by atoms with Crippen molar-refractivity contribution in [3.63, 3.8) is 0 Å². The largest absolute Gasteiger partial charge is 0.308 e. The number of para-hydroxylation sites is 2. The molecule has 5 aromatic carbocycles. The third kappa shape index (κ3) is 4.22. The van der Waals surface area contributed by atoms with Crippen molar-refractivity contribution in [3.8, 4) is 23.5 Å². The Balaban J connectivity index is 1.45. The van der Waals surface area contributed by atoms with E-state index < -0.39 is 0 Å². The summed E-state index contributed by atoms with van der Waals surface area (Å²) in [6.07, 6.45) is 10.6. The van der Waals surface area contributed by atoms with Crippen LogP contribution in [0.25, 0.3) is 67.1 Å². The van der Waals surface area contributed by atoms with Gasteiger partial charge in [-0.05, 0) is 95.8 Å². The lowest BCUT2D eigenvalue weighted by Gasteiger charge is -2.28. The van der Waals surface area contributed by atoms with Gasteiger partial charge >= 0.3 is 0 Å². The van der Waals surface area contributed by atoms with Gasteiger partial charge in [-0.3, -0.25) is 0 Å². The summed E-state index contributed by atoms with van der Waals surface area (Å²) in [5.41, 5.74) is 11.2. The predicted octanol–water partition coefficient (Wildman–Crippen LogP) is 11.9. The van der Waals surface area contributed by atoms with Gasteiger partial charge in [0, 0.05) is 21.5 Å². The Bertz CT molecular complexity index is 2710. The van der Waals surface area contributed by atoms with Gasteiger partial charge in [0.05, 0.1) is 44.6 Å². The summed E-state index contributed by atoms with van der Waals surface area (Å²) >= 11 is 0. The molecule has 1 aliphatic rings. The third-order valence-electron chi connectivity index (χ3n) is 11.1. The lowest BCUT2D eigenvalue weighted by molar-refractivity contribution is 0.381. The molecular formula is C46H38N4. The molecule has 2 heterocycles. The number of rotatable bonds is 5. The lowest BCUT2D eigenvalue weighted by Crippen LogP contribution is -2.23. The number of nitrogens with zero attached hydrogens (tertiary/aromatic N) is 4. The normalized spacial score (nSPS) is 16.9. The van der Waals surface area contributed by atoms with E-state index in [0.29, 0.717) is 34.3 Å². The van der Waals surface area contributed by atoms with E-state index in [0.717, 1.165) is 54.7 Å². The topological polar surface area (TPSA) is 57.4 Å². The minimum atomic E-state index is -0.0652. The van der Waals surface area contributed by atoms with Gasteiger partial charge < -0.3 is 9.13 Å². The van der Waals surface area contributed by atoms with Crippen molar-refractivity contribution in [2.75, 3.05) is 0 Å². The van der Waals surface area contributed by atoms with Crippen LogP contribution < -0.4 is 0 Å². The molecule has 0 spiro atoms. The average Bonchev–Trinajstić information content (AvgIpc) is 3.71. The maximum atomic E-state index is 10.8. The Hall–Kier alpha value is -6.10. The fourth-order valence-electron chi connectivity index (χ4n) is 8.85. The summed E-state index contributed by atoms with van der Waals surface area (Å²) < 4.78 is 4.34. The van der Waals surface area contributed by atoms with Crippen LogP contribution in [-0.2, 0) is 5.41 Å². The van der Waals surface area contributed by atoms with Crippen LogP contribution in [0.2, 0.25) is 0 Å². The molecule has 0 saturated heterocycles. The van der Waals surface area contributed by atoms with E-state index in [4.69, 9.17) is 0 Å². The first-order chi connectivity index (χ1) is 24.3. The van der Waals surface area contributed by atoms with Crippen molar-refractivity contribution in [1.29, 1.82) is 10.5 Å². The monoisotopic (exact) mass is 646 g/mol. The van der Waals surface area contributed by atoms with Crippen LogP contribution in [0.5, 0.6) is 0 Å². The van der Waals surface area contributed by atoms with E-state index in [1.165, 1.54) is 11.1 Å². The van der Waals surface area contributed by atoms with Gasteiger partial charge in [0.2, 0.25) is 0 Å². The molecule has 0 bridgehead atoms. The van der Waals surface area contributed by atoms with Crippen molar-refractivity contribution in [2.24, 2.45) is 5.92 Å². The van der Waals surface area contributed by atoms with E-state index in [1.54, 1.807) is 0 Å². The highest BCUT2D eigenvalue weighted by Gasteiger charge is 2.43. The summed E-state index contributed by atoms with van der Waals surface area (Å²) in [5.74, 6) is 0.763. The van der Waals surface area contributed by atoms with Crippen LogP contribution in [0.15, 0.2) is 110 Å². The first-order valence-corrected chi connectivity index (χ1v) is 17.3. The van der Waals surface area contributed by atoms with Gasteiger partial charge in [-0.2, -0.15) is 10.5 Å². The van der Waals surface area contributed by atoms with Gasteiger partial charge in [-0.25, -0.2) is 0 Å². The van der Waals surface area contributed by atoms with E-state index in [1.807, 2.05) is 49.4 Å². The van der Waals surface area contributed by atoms with Gasteiger partial charge in [0.25, 0.3) is 0 Å². The van der Waals surface area contributed by atoms with Crippen molar-refractivity contribution >= 4 is 55.8 Å². The molecule has 2 unspecified atom stereocenters. The van der Waals surface area contributed by atoms with Crippen LogP contribution in [0, 0.1) is 28.6 Å². The number of hydrogen-bond acceptors (Lipinski definition) is 2. The number of aromatic nitrogens is 2. The summed E-state index contributed by atoms with van der Waals surface area (Å²) in [6, 6.07) is 34.4. The molecule has 7 aromatic rings. The molecular weight excluding hydrogens is 609 g/mol. The SMILES string of the molecule is C=Cc1ccc2c(c1/C=C\C)c1ccccc1n2-c1cc(C#N)c(-n2c3ccccc3c3cc4c(cc32)C(C)(C)C(/C=C\C)C4C)cc1C#N. The fraction of sp³-hybridized carbons (Fsp3) is 0.174. The molecule has 2 aromatic heterocycles. The van der Waals surface area contributed by atoms with E-state index in [9.17, 15) is 10.5 Å². The minimum absolute atomic E-state index is 0.0652. The number of fused-ring (bicyclic) bond motifs is 7. The van der Waals surface area contributed by atoms with E-state index in [2.05, 4.69) is 128 Å². The zero-order valence-corrected chi connectivity index (χ0v) is 29.1. The van der Waals surface area contributed by atoms with Gasteiger partial charge in [0.1, 0.15) is 12.1 Å². The number of nitriles is 2. The second kappa shape index (κ2) is 11.5. The van der Waals surface area contributed by atoms with Crippen molar-refractivity contribution in [3.05, 3.63) is 143 Å². The third-order valence-corrected chi connectivity index (χ3v) is 11.1. The zero-order chi connectivity index (χ0) is 34.9. The Morgan fingerprint density at radius 3 is 1.96 bits per heavy atom. The molecule has 0 N–H and O–H groups in total. The predicted molar refractivity (Wildman–Crippen MR) is 209 cm³/mol.